The maximum Gasteiger partial charge on any atom is 0.224 e. The molecule has 112 valence electrons. The molecule has 0 aliphatic heterocycles. The zero-order chi connectivity index (χ0) is 15.2. The van der Waals surface area contributed by atoms with E-state index in [2.05, 4.69) is 41.7 Å². The number of hydrogen-bond donors (Lipinski definition) is 1. The van der Waals surface area contributed by atoms with Crippen LogP contribution in [-0.2, 0) is 11.2 Å². The SMILES string of the molecule is Cc1ccc(SCCNC(=O)Cc2c(C)noc2C)cc1. The first-order chi connectivity index (χ1) is 10.1. The number of hydrogen-bond acceptors (Lipinski definition) is 4. The van der Waals surface area contributed by atoms with Gasteiger partial charge < -0.3 is 9.84 Å². The minimum absolute atomic E-state index is 0.00825. The molecule has 0 aliphatic carbocycles. The molecule has 0 unspecified atom stereocenters. The largest absolute Gasteiger partial charge is 0.361 e. The molecular formula is C16H20N2O2S. The third-order valence-corrected chi connectivity index (χ3v) is 4.25. The van der Waals surface area contributed by atoms with Gasteiger partial charge in [-0.1, -0.05) is 22.9 Å². The summed E-state index contributed by atoms with van der Waals surface area (Å²) in [6, 6.07) is 8.40. The summed E-state index contributed by atoms with van der Waals surface area (Å²) in [7, 11) is 0. The highest BCUT2D eigenvalue weighted by atomic mass is 32.2. The Morgan fingerprint density at radius 2 is 1.95 bits per heavy atom. The number of aryl methyl sites for hydroxylation is 3. The number of benzene rings is 1. The lowest BCUT2D eigenvalue weighted by Gasteiger charge is -2.05. The van der Waals surface area contributed by atoms with Crippen LogP contribution in [0.1, 0.15) is 22.6 Å². The second-order valence-corrected chi connectivity index (χ2v) is 6.16. The van der Waals surface area contributed by atoms with Crippen molar-refractivity contribution in [2.45, 2.75) is 32.1 Å². The first kappa shape index (κ1) is 15.6. The topological polar surface area (TPSA) is 55.1 Å². The van der Waals surface area contributed by atoms with Crippen LogP contribution in [0.15, 0.2) is 33.7 Å². The minimum Gasteiger partial charge on any atom is -0.361 e. The monoisotopic (exact) mass is 304 g/mol. The second kappa shape index (κ2) is 7.31. The second-order valence-electron chi connectivity index (χ2n) is 4.99. The van der Waals surface area contributed by atoms with Crippen molar-refractivity contribution in [1.29, 1.82) is 0 Å². The Morgan fingerprint density at radius 1 is 1.24 bits per heavy atom. The standard InChI is InChI=1S/C16H20N2O2S/c1-11-4-6-14(7-5-11)21-9-8-17-16(19)10-15-12(2)18-20-13(15)3/h4-7H,8-10H2,1-3H3,(H,17,19). The molecule has 2 rings (SSSR count). The first-order valence-corrected chi connectivity index (χ1v) is 7.92. The Morgan fingerprint density at radius 3 is 2.57 bits per heavy atom. The summed E-state index contributed by atoms with van der Waals surface area (Å²) in [5, 5.41) is 6.78. The Bertz CT molecular complexity index is 586. The van der Waals surface area contributed by atoms with Crippen molar-refractivity contribution in [2.75, 3.05) is 12.3 Å². The van der Waals surface area contributed by atoms with Crippen LogP contribution in [0.5, 0.6) is 0 Å². The van der Waals surface area contributed by atoms with Crippen LogP contribution in [0.3, 0.4) is 0 Å². The number of nitrogens with one attached hydrogen (secondary N) is 1. The Hall–Kier alpha value is -1.75. The van der Waals surface area contributed by atoms with Crippen molar-refractivity contribution >= 4 is 17.7 Å². The summed E-state index contributed by atoms with van der Waals surface area (Å²) >= 11 is 1.74. The zero-order valence-corrected chi connectivity index (χ0v) is 13.4. The van der Waals surface area contributed by atoms with Crippen LogP contribution in [0.25, 0.3) is 0 Å². The maximum absolute atomic E-state index is 11.9. The van der Waals surface area contributed by atoms with Gasteiger partial charge in [-0.2, -0.15) is 0 Å². The summed E-state index contributed by atoms with van der Waals surface area (Å²) < 4.78 is 5.06. The molecule has 0 aliphatic rings. The maximum atomic E-state index is 11.9. The zero-order valence-electron chi connectivity index (χ0n) is 12.6. The average molecular weight is 304 g/mol. The van der Waals surface area contributed by atoms with E-state index in [4.69, 9.17) is 4.52 Å². The van der Waals surface area contributed by atoms with Crippen LogP contribution in [0.2, 0.25) is 0 Å². The van der Waals surface area contributed by atoms with Crippen molar-refractivity contribution in [1.82, 2.24) is 10.5 Å². The first-order valence-electron chi connectivity index (χ1n) is 6.94. The van der Waals surface area contributed by atoms with E-state index in [1.807, 2.05) is 13.8 Å². The molecule has 1 amide bonds. The molecule has 0 saturated heterocycles. The number of carbonyl (C=O) groups is 1. The lowest BCUT2D eigenvalue weighted by molar-refractivity contribution is -0.120. The molecule has 0 saturated carbocycles. The Kier molecular flexibility index (Phi) is 5.44. The van der Waals surface area contributed by atoms with E-state index in [1.165, 1.54) is 10.5 Å². The average Bonchev–Trinajstić information content (AvgIpc) is 2.77. The van der Waals surface area contributed by atoms with Crippen LogP contribution >= 0.6 is 11.8 Å². The molecule has 1 aromatic heterocycles. The molecule has 2 aromatic rings. The van der Waals surface area contributed by atoms with Crippen LogP contribution < -0.4 is 5.32 Å². The molecule has 1 aromatic carbocycles. The molecule has 0 spiro atoms. The van der Waals surface area contributed by atoms with Crippen molar-refractivity contribution in [3.8, 4) is 0 Å². The molecule has 4 nitrogen and oxygen atoms in total. The predicted octanol–water partition coefficient (Wildman–Crippen LogP) is 3.05. The highest BCUT2D eigenvalue weighted by molar-refractivity contribution is 7.99. The van der Waals surface area contributed by atoms with Crippen molar-refractivity contribution in [2.24, 2.45) is 0 Å². The van der Waals surface area contributed by atoms with Crippen LogP contribution in [0, 0.1) is 20.8 Å². The van der Waals surface area contributed by atoms with Crippen LogP contribution in [0.4, 0.5) is 0 Å². The molecular weight excluding hydrogens is 284 g/mol. The summed E-state index contributed by atoms with van der Waals surface area (Å²) in [6.07, 6.45) is 0.330. The third-order valence-electron chi connectivity index (χ3n) is 3.23. The Balaban J connectivity index is 1.71. The van der Waals surface area contributed by atoms with Gasteiger partial charge in [0.2, 0.25) is 5.91 Å². The van der Waals surface area contributed by atoms with Gasteiger partial charge in [-0.15, -0.1) is 11.8 Å². The molecule has 21 heavy (non-hydrogen) atoms. The van der Waals surface area contributed by atoms with Crippen molar-refractivity contribution in [3.05, 3.63) is 46.8 Å². The summed E-state index contributed by atoms with van der Waals surface area (Å²) in [4.78, 5) is 13.1. The van der Waals surface area contributed by atoms with E-state index >= 15 is 0 Å². The van der Waals surface area contributed by atoms with Gasteiger partial charge in [0.15, 0.2) is 0 Å². The highest BCUT2D eigenvalue weighted by Gasteiger charge is 2.12. The number of carbonyl (C=O) groups excluding carboxylic acids is 1. The highest BCUT2D eigenvalue weighted by Crippen LogP contribution is 2.17. The molecule has 1 N–H and O–H groups in total. The van der Waals surface area contributed by atoms with Gasteiger partial charge in [0.05, 0.1) is 12.1 Å². The fraction of sp³-hybridized carbons (Fsp3) is 0.375. The van der Waals surface area contributed by atoms with Gasteiger partial charge in [-0.3, -0.25) is 4.79 Å². The van der Waals surface area contributed by atoms with Crippen molar-refractivity contribution in [3.63, 3.8) is 0 Å². The van der Waals surface area contributed by atoms with Gasteiger partial charge in [0, 0.05) is 22.8 Å². The number of amides is 1. The molecule has 5 heteroatoms. The van der Waals surface area contributed by atoms with Gasteiger partial charge >= 0.3 is 0 Å². The lowest BCUT2D eigenvalue weighted by Crippen LogP contribution is -2.27. The van der Waals surface area contributed by atoms with E-state index in [1.54, 1.807) is 11.8 Å². The number of aromatic nitrogens is 1. The minimum atomic E-state index is 0.00825. The van der Waals surface area contributed by atoms with E-state index in [9.17, 15) is 4.79 Å². The molecule has 0 atom stereocenters. The molecule has 0 radical (unpaired) electrons. The van der Waals surface area contributed by atoms with Crippen LogP contribution in [-0.4, -0.2) is 23.4 Å². The number of nitrogens with zero attached hydrogens (tertiary/aromatic N) is 1. The van der Waals surface area contributed by atoms with Gasteiger partial charge in [0.1, 0.15) is 5.76 Å². The summed E-state index contributed by atoms with van der Waals surface area (Å²) in [5.74, 6) is 1.58. The summed E-state index contributed by atoms with van der Waals surface area (Å²) in [5.41, 5.74) is 2.93. The lowest BCUT2D eigenvalue weighted by atomic mass is 10.1. The van der Waals surface area contributed by atoms with Gasteiger partial charge in [0.25, 0.3) is 0 Å². The predicted molar refractivity (Wildman–Crippen MR) is 84.6 cm³/mol. The van der Waals surface area contributed by atoms with Gasteiger partial charge in [-0.05, 0) is 32.9 Å². The molecule has 0 fully saturated rings. The van der Waals surface area contributed by atoms with E-state index in [0.717, 1.165) is 22.8 Å². The van der Waals surface area contributed by atoms with Gasteiger partial charge in [-0.25, -0.2) is 0 Å². The molecule has 1 heterocycles. The quantitative estimate of drug-likeness (QED) is 0.658. The normalized spacial score (nSPS) is 10.6. The fourth-order valence-electron chi connectivity index (χ4n) is 1.97. The fourth-order valence-corrected chi connectivity index (χ4v) is 2.74. The van der Waals surface area contributed by atoms with E-state index in [-0.39, 0.29) is 5.91 Å². The third kappa shape index (κ3) is 4.63. The van der Waals surface area contributed by atoms with E-state index < -0.39 is 0 Å². The number of rotatable bonds is 6. The molecule has 0 bridgehead atoms. The smallest absolute Gasteiger partial charge is 0.224 e. The van der Waals surface area contributed by atoms with E-state index in [0.29, 0.717) is 13.0 Å². The summed E-state index contributed by atoms with van der Waals surface area (Å²) in [6.45, 7) is 6.41. The van der Waals surface area contributed by atoms with Crippen molar-refractivity contribution < 1.29 is 9.32 Å². The number of thioether (sulfide) groups is 1. The Labute approximate surface area is 129 Å².